The molecule has 0 bridgehead atoms. The zero-order valence-electron chi connectivity index (χ0n) is 11.1. The van der Waals surface area contributed by atoms with Crippen molar-refractivity contribution in [2.75, 3.05) is 26.3 Å². The van der Waals surface area contributed by atoms with Crippen molar-refractivity contribution in [2.45, 2.75) is 46.1 Å². The van der Waals surface area contributed by atoms with Crippen molar-refractivity contribution in [1.29, 1.82) is 0 Å². The summed E-state index contributed by atoms with van der Waals surface area (Å²) in [7, 11) is 0. The molecule has 0 radical (unpaired) electrons. The lowest BCUT2D eigenvalue weighted by molar-refractivity contribution is -0.134. The van der Waals surface area contributed by atoms with E-state index < -0.39 is 0 Å². The zero-order chi connectivity index (χ0) is 12.2. The van der Waals surface area contributed by atoms with Gasteiger partial charge in [0.2, 0.25) is 0 Å². The van der Waals surface area contributed by atoms with Crippen LogP contribution in [-0.2, 0) is 9.53 Å². The van der Waals surface area contributed by atoms with Gasteiger partial charge in [0, 0.05) is 19.5 Å². The van der Waals surface area contributed by atoms with E-state index in [2.05, 4.69) is 32.6 Å². The number of carbonyl (C=O) groups is 1. The van der Waals surface area contributed by atoms with Gasteiger partial charge in [0.1, 0.15) is 0 Å². The van der Waals surface area contributed by atoms with E-state index in [1.54, 1.807) is 0 Å². The third kappa shape index (κ3) is 3.05. The van der Waals surface area contributed by atoms with Crippen molar-refractivity contribution in [1.82, 2.24) is 4.90 Å². The minimum absolute atomic E-state index is 0.284. The molecule has 94 valence electrons. The lowest BCUT2D eigenvalue weighted by Crippen LogP contribution is -2.56. The fourth-order valence-corrected chi connectivity index (χ4v) is 2.24. The predicted molar refractivity (Wildman–Crippen MR) is 65.6 cm³/mol. The molecule has 0 aromatic heterocycles. The zero-order valence-corrected chi connectivity index (χ0v) is 11.1. The Morgan fingerprint density at radius 1 is 1.38 bits per heavy atom. The van der Waals surface area contributed by atoms with Gasteiger partial charge in [-0.1, -0.05) is 20.8 Å². The molecule has 0 N–H and O–H groups in total. The molecular formula is C13H25NO2. The van der Waals surface area contributed by atoms with E-state index in [4.69, 9.17) is 4.74 Å². The highest BCUT2D eigenvalue weighted by Crippen LogP contribution is 2.24. The second kappa shape index (κ2) is 5.78. The van der Waals surface area contributed by atoms with Crippen LogP contribution in [0.2, 0.25) is 0 Å². The van der Waals surface area contributed by atoms with Crippen LogP contribution >= 0.6 is 0 Å². The molecule has 0 saturated carbocycles. The van der Waals surface area contributed by atoms with Crippen molar-refractivity contribution in [2.24, 2.45) is 5.92 Å². The smallest absolute Gasteiger partial charge is 0.153 e. The number of ketones is 1. The number of carbonyl (C=O) groups excluding carboxylic acids is 1. The minimum atomic E-state index is -0.284. The van der Waals surface area contributed by atoms with Gasteiger partial charge in [-0.15, -0.1) is 0 Å². The average molecular weight is 227 g/mol. The first-order valence-electron chi connectivity index (χ1n) is 6.36. The minimum Gasteiger partial charge on any atom is -0.379 e. The Balaban J connectivity index is 2.70. The summed E-state index contributed by atoms with van der Waals surface area (Å²) in [4.78, 5) is 14.6. The first-order chi connectivity index (χ1) is 7.50. The van der Waals surface area contributed by atoms with Crippen molar-refractivity contribution < 1.29 is 9.53 Å². The maximum absolute atomic E-state index is 12.3. The van der Waals surface area contributed by atoms with Crippen LogP contribution in [0.1, 0.15) is 40.5 Å². The molecule has 1 heterocycles. The molecule has 1 aliphatic rings. The number of hydrogen-bond acceptors (Lipinski definition) is 3. The lowest BCUT2D eigenvalue weighted by Gasteiger charge is -2.42. The average Bonchev–Trinajstić information content (AvgIpc) is 2.28. The van der Waals surface area contributed by atoms with Crippen molar-refractivity contribution in [3.63, 3.8) is 0 Å². The summed E-state index contributed by atoms with van der Waals surface area (Å²) in [6.07, 6.45) is 1.57. The number of ether oxygens (including phenoxy) is 1. The van der Waals surface area contributed by atoms with E-state index in [9.17, 15) is 4.79 Å². The highest BCUT2D eigenvalue weighted by Gasteiger charge is 2.37. The molecular weight excluding hydrogens is 202 g/mol. The fourth-order valence-electron chi connectivity index (χ4n) is 2.24. The van der Waals surface area contributed by atoms with Gasteiger partial charge in [-0.05, 0) is 19.3 Å². The summed E-state index contributed by atoms with van der Waals surface area (Å²) in [5.74, 6) is 0.825. The quantitative estimate of drug-likeness (QED) is 0.720. The first-order valence-corrected chi connectivity index (χ1v) is 6.36. The van der Waals surface area contributed by atoms with Crippen LogP contribution in [0.4, 0.5) is 0 Å². The standard InChI is InChI=1S/C13H25NO2/c1-5-13(4,12(15)10-11(2)3)14-6-8-16-9-7-14/h11H,5-10H2,1-4H3. The van der Waals surface area contributed by atoms with Crippen LogP contribution in [0, 0.1) is 5.92 Å². The Morgan fingerprint density at radius 2 is 1.94 bits per heavy atom. The lowest BCUT2D eigenvalue weighted by atomic mass is 9.86. The van der Waals surface area contributed by atoms with Gasteiger partial charge in [-0.2, -0.15) is 0 Å². The van der Waals surface area contributed by atoms with Crippen molar-refractivity contribution >= 4 is 5.78 Å². The Morgan fingerprint density at radius 3 is 2.38 bits per heavy atom. The molecule has 0 aromatic rings. The second-order valence-corrected chi connectivity index (χ2v) is 5.25. The molecule has 0 aromatic carbocycles. The molecule has 0 spiro atoms. The normalized spacial score (nSPS) is 22.1. The number of nitrogens with zero attached hydrogens (tertiary/aromatic N) is 1. The molecule has 1 aliphatic heterocycles. The molecule has 0 amide bonds. The SMILES string of the molecule is CCC(C)(C(=O)CC(C)C)N1CCOCC1. The van der Waals surface area contributed by atoms with Crippen molar-refractivity contribution in [3.8, 4) is 0 Å². The summed E-state index contributed by atoms with van der Waals surface area (Å²) in [6, 6.07) is 0. The van der Waals surface area contributed by atoms with Crippen molar-refractivity contribution in [3.05, 3.63) is 0 Å². The summed E-state index contributed by atoms with van der Waals surface area (Å²) < 4.78 is 5.35. The number of Topliss-reactive ketones (excluding diaryl/α,β-unsaturated/α-hetero) is 1. The summed E-state index contributed by atoms with van der Waals surface area (Å²) in [6.45, 7) is 11.7. The number of hydrogen-bond donors (Lipinski definition) is 0. The molecule has 1 rings (SSSR count). The molecule has 0 aliphatic carbocycles. The van der Waals surface area contributed by atoms with Crippen LogP contribution in [0.15, 0.2) is 0 Å². The van der Waals surface area contributed by atoms with Crippen LogP contribution < -0.4 is 0 Å². The van der Waals surface area contributed by atoms with E-state index in [0.29, 0.717) is 18.1 Å². The van der Waals surface area contributed by atoms with Crippen LogP contribution in [-0.4, -0.2) is 42.5 Å². The number of morpholine rings is 1. The van der Waals surface area contributed by atoms with E-state index >= 15 is 0 Å². The third-order valence-electron chi connectivity index (χ3n) is 3.59. The van der Waals surface area contributed by atoms with E-state index in [1.165, 1.54) is 0 Å². The second-order valence-electron chi connectivity index (χ2n) is 5.25. The fraction of sp³-hybridized carbons (Fsp3) is 0.923. The van der Waals surface area contributed by atoms with Gasteiger partial charge in [-0.3, -0.25) is 9.69 Å². The summed E-state index contributed by atoms with van der Waals surface area (Å²) in [5, 5.41) is 0. The first kappa shape index (κ1) is 13.7. The Kier molecular flexibility index (Phi) is 4.93. The summed E-state index contributed by atoms with van der Waals surface area (Å²) >= 11 is 0. The largest absolute Gasteiger partial charge is 0.379 e. The van der Waals surface area contributed by atoms with E-state index in [-0.39, 0.29) is 5.54 Å². The predicted octanol–water partition coefficient (Wildman–Crippen LogP) is 2.10. The molecule has 1 saturated heterocycles. The van der Waals surface area contributed by atoms with E-state index in [0.717, 1.165) is 32.7 Å². The van der Waals surface area contributed by atoms with Crippen LogP contribution in [0.3, 0.4) is 0 Å². The van der Waals surface area contributed by atoms with Gasteiger partial charge in [0.15, 0.2) is 5.78 Å². The van der Waals surface area contributed by atoms with Crippen LogP contribution in [0.25, 0.3) is 0 Å². The molecule has 16 heavy (non-hydrogen) atoms. The maximum atomic E-state index is 12.3. The molecule has 3 heteroatoms. The van der Waals surface area contributed by atoms with E-state index in [1.807, 2.05) is 0 Å². The van der Waals surface area contributed by atoms with Gasteiger partial charge in [0.05, 0.1) is 18.8 Å². The number of rotatable bonds is 5. The third-order valence-corrected chi connectivity index (χ3v) is 3.59. The van der Waals surface area contributed by atoms with Gasteiger partial charge in [0.25, 0.3) is 0 Å². The van der Waals surface area contributed by atoms with Gasteiger partial charge < -0.3 is 4.74 Å². The highest BCUT2D eigenvalue weighted by atomic mass is 16.5. The molecule has 3 nitrogen and oxygen atoms in total. The Hall–Kier alpha value is -0.410. The molecule has 1 fully saturated rings. The Bertz CT molecular complexity index is 234. The highest BCUT2D eigenvalue weighted by molar-refractivity contribution is 5.88. The van der Waals surface area contributed by atoms with Gasteiger partial charge in [-0.25, -0.2) is 0 Å². The van der Waals surface area contributed by atoms with Gasteiger partial charge >= 0.3 is 0 Å². The van der Waals surface area contributed by atoms with Crippen LogP contribution in [0.5, 0.6) is 0 Å². The monoisotopic (exact) mass is 227 g/mol. The topological polar surface area (TPSA) is 29.5 Å². The Labute approximate surface area is 99.1 Å². The summed E-state index contributed by atoms with van der Waals surface area (Å²) in [5.41, 5.74) is -0.284. The molecule has 1 atom stereocenters. The maximum Gasteiger partial charge on any atom is 0.153 e. The molecule has 1 unspecified atom stereocenters.